The summed E-state index contributed by atoms with van der Waals surface area (Å²) in [6.45, 7) is 0. The summed E-state index contributed by atoms with van der Waals surface area (Å²) in [5.74, 6) is 1.18. The van der Waals surface area contributed by atoms with E-state index in [1.165, 1.54) is 0 Å². The van der Waals surface area contributed by atoms with E-state index in [1.807, 2.05) is 6.26 Å². The zero-order valence-corrected chi connectivity index (χ0v) is 8.24. The number of hydrogen-bond donors (Lipinski definition) is 0. The fraction of sp³-hybridized carbons (Fsp3) is 0.375. The Kier molecular flexibility index (Phi) is 3.69. The molecule has 0 aliphatic heterocycles. The molecular formula is C8H9ClO2S. The van der Waals surface area contributed by atoms with Gasteiger partial charge in [-0.15, -0.1) is 0 Å². The second kappa shape index (κ2) is 4.58. The summed E-state index contributed by atoms with van der Waals surface area (Å²) in [6.07, 6.45) is 2.47. The Balaban J connectivity index is 2.53. The van der Waals surface area contributed by atoms with Gasteiger partial charge in [0, 0.05) is 12.2 Å². The van der Waals surface area contributed by atoms with Crippen LogP contribution in [-0.4, -0.2) is 17.8 Å². The number of ketones is 1. The first-order valence-corrected chi connectivity index (χ1v) is 5.28. The lowest BCUT2D eigenvalue weighted by molar-refractivity contribution is 0.0963. The highest BCUT2D eigenvalue weighted by atomic mass is 35.5. The van der Waals surface area contributed by atoms with Gasteiger partial charge in [-0.05, 0) is 30.0 Å². The lowest BCUT2D eigenvalue weighted by Gasteiger charge is -1.93. The molecule has 0 saturated carbocycles. The van der Waals surface area contributed by atoms with Crippen LogP contribution in [-0.2, 0) is 0 Å². The van der Waals surface area contributed by atoms with Gasteiger partial charge in [-0.1, -0.05) is 0 Å². The average molecular weight is 205 g/mol. The molecule has 0 spiro atoms. The van der Waals surface area contributed by atoms with Crippen LogP contribution in [0.3, 0.4) is 0 Å². The van der Waals surface area contributed by atoms with Gasteiger partial charge in [-0.25, -0.2) is 0 Å². The monoisotopic (exact) mass is 204 g/mol. The SMILES string of the molecule is CSCCC(=O)c1ccc(Cl)o1. The van der Waals surface area contributed by atoms with E-state index in [9.17, 15) is 4.79 Å². The van der Waals surface area contributed by atoms with E-state index in [0.29, 0.717) is 12.2 Å². The number of rotatable bonds is 4. The topological polar surface area (TPSA) is 30.2 Å². The van der Waals surface area contributed by atoms with Crippen molar-refractivity contribution in [2.24, 2.45) is 0 Å². The zero-order valence-electron chi connectivity index (χ0n) is 6.67. The molecule has 1 rings (SSSR count). The van der Waals surface area contributed by atoms with E-state index >= 15 is 0 Å². The molecule has 0 aliphatic carbocycles. The molecule has 0 unspecified atom stereocenters. The number of thioether (sulfide) groups is 1. The Morgan fingerprint density at radius 3 is 2.92 bits per heavy atom. The van der Waals surface area contributed by atoms with Crippen LogP contribution in [0.4, 0.5) is 0 Å². The Labute approximate surface area is 80.3 Å². The molecule has 0 bridgehead atoms. The number of carbonyl (C=O) groups excluding carboxylic acids is 1. The first-order valence-electron chi connectivity index (χ1n) is 3.51. The standard InChI is InChI=1S/C8H9ClO2S/c1-12-5-4-6(10)7-2-3-8(9)11-7/h2-3H,4-5H2,1H3. The van der Waals surface area contributed by atoms with Crippen molar-refractivity contribution in [3.63, 3.8) is 0 Å². The number of Topliss-reactive ketones (excluding diaryl/α,β-unsaturated/α-hetero) is 1. The van der Waals surface area contributed by atoms with Crippen LogP contribution in [0.2, 0.25) is 5.22 Å². The smallest absolute Gasteiger partial charge is 0.198 e. The summed E-state index contributed by atoms with van der Waals surface area (Å²) in [6, 6.07) is 3.18. The van der Waals surface area contributed by atoms with Gasteiger partial charge in [0.15, 0.2) is 16.8 Å². The largest absolute Gasteiger partial charge is 0.442 e. The van der Waals surface area contributed by atoms with Gasteiger partial charge in [0.2, 0.25) is 0 Å². The van der Waals surface area contributed by atoms with Gasteiger partial charge < -0.3 is 4.42 Å². The summed E-state index contributed by atoms with van der Waals surface area (Å²) >= 11 is 7.15. The van der Waals surface area contributed by atoms with E-state index in [0.717, 1.165) is 5.75 Å². The van der Waals surface area contributed by atoms with Crippen molar-refractivity contribution in [2.75, 3.05) is 12.0 Å². The second-order valence-corrected chi connectivity index (χ2v) is 3.63. The Morgan fingerprint density at radius 1 is 1.67 bits per heavy atom. The number of hydrogen-bond acceptors (Lipinski definition) is 3. The molecule has 0 amide bonds. The third-order valence-corrected chi connectivity index (χ3v) is 2.20. The summed E-state index contributed by atoms with van der Waals surface area (Å²) in [4.78, 5) is 11.3. The Hall–Kier alpha value is -0.410. The van der Waals surface area contributed by atoms with Crippen molar-refractivity contribution in [1.82, 2.24) is 0 Å². The van der Waals surface area contributed by atoms with Crippen molar-refractivity contribution in [3.8, 4) is 0 Å². The molecule has 12 heavy (non-hydrogen) atoms. The molecule has 66 valence electrons. The molecule has 0 aliphatic rings. The molecule has 0 fully saturated rings. The van der Waals surface area contributed by atoms with Crippen LogP contribution in [0, 0.1) is 0 Å². The molecule has 0 radical (unpaired) electrons. The minimum atomic E-state index is 0.0104. The van der Waals surface area contributed by atoms with Crippen LogP contribution in [0.1, 0.15) is 17.0 Å². The van der Waals surface area contributed by atoms with Gasteiger partial charge in [0.1, 0.15) is 0 Å². The predicted octanol–water partition coefficient (Wildman–Crippen LogP) is 2.87. The molecule has 0 N–H and O–H groups in total. The molecule has 4 heteroatoms. The van der Waals surface area contributed by atoms with Crippen molar-refractivity contribution in [1.29, 1.82) is 0 Å². The number of halogens is 1. The maximum atomic E-state index is 11.3. The molecule has 1 aromatic rings. The van der Waals surface area contributed by atoms with Crippen molar-refractivity contribution < 1.29 is 9.21 Å². The molecule has 0 atom stereocenters. The third kappa shape index (κ3) is 2.57. The predicted molar refractivity (Wildman–Crippen MR) is 51.0 cm³/mol. The summed E-state index contributed by atoms with van der Waals surface area (Å²) < 4.78 is 4.95. The highest BCUT2D eigenvalue weighted by molar-refractivity contribution is 7.98. The van der Waals surface area contributed by atoms with E-state index in [2.05, 4.69) is 0 Å². The lowest BCUT2D eigenvalue weighted by atomic mass is 10.2. The molecule has 0 aromatic carbocycles. The minimum Gasteiger partial charge on any atom is -0.442 e. The van der Waals surface area contributed by atoms with Gasteiger partial charge in [0.25, 0.3) is 0 Å². The summed E-state index contributed by atoms with van der Waals surface area (Å²) in [5, 5.41) is 0.266. The van der Waals surface area contributed by atoms with Gasteiger partial charge in [-0.3, -0.25) is 4.79 Å². The molecule has 1 aromatic heterocycles. The summed E-state index contributed by atoms with van der Waals surface area (Å²) in [7, 11) is 0. The van der Waals surface area contributed by atoms with Crippen LogP contribution < -0.4 is 0 Å². The fourth-order valence-corrected chi connectivity index (χ4v) is 1.32. The van der Waals surface area contributed by atoms with Gasteiger partial charge in [0.05, 0.1) is 0 Å². The van der Waals surface area contributed by atoms with Gasteiger partial charge >= 0.3 is 0 Å². The first kappa shape index (κ1) is 9.68. The summed E-state index contributed by atoms with van der Waals surface area (Å²) in [5.41, 5.74) is 0. The number of furan rings is 1. The normalized spacial score (nSPS) is 10.2. The fourth-order valence-electron chi connectivity index (χ4n) is 0.782. The quantitative estimate of drug-likeness (QED) is 0.707. The highest BCUT2D eigenvalue weighted by Crippen LogP contribution is 2.15. The van der Waals surface area contributed by atoms with Crippen LogP contribution in [0.15, 0.2) is 16.5 Å². The molecule has 2 nitrogen and oxygen atoms in total. The van der Waals surface area contributed by atoms with Crippen molar-refractivity contribution >= 4 is 29.1 Å². The van der Waals surface area contributed by atoms with Crippen LogP contribution >= 0.6 is 23.4 Å². The average Bonchev–Trinajstić information content (AvgIpc) is 2.47. The van der Waals surface area contributed by atoms with E-state index in [4.69, 9.17) is 16.0 Å². The van der Waals surface area contributed by atoms with Crippen molar-refractivity contribution in [3.05, 3.63) is 23.1 Å². The lowest BCUT2D eigenvalue weighted by Crippen LogP contribution is -1.97. The zero-order chi connectivity index (χ0) is 8.97. The van der Waals surface area contributed by atoms with Crippen LogP contribution in [0.5, 0.6) is 0 Å². The Bertz CT molecular complexity index is 270. The molecule has 0 saturated heterocycles. The van der Waals surface area contributed by atoms with Gasteiger partial charge in [-0.2, -0.15) is 11.8 Å². The van der Waals surface area contributed by atoms with E-state index < -0.39 is 0 Å². The minimum absolute atomic E-state index is 0.0104. The van der Waals surface area contributed by atoms with E-state index in [-0.39, 0.29) is 11.0 Å². The highest BCUT2D eigenvalue weighted by Gasteiger charge is 2.09. The maximum Gasteiger partial charge on any atom is 0.198 e. The van der Waals surface area contributed by atoms with Crippen molar-refractivity contribution in [2.45, 2.75) is 6.42 Å². The maximum absolute atomic E-state index is 11.3. The van der Waals surface area contributed by atoms with Crippen LogP contribution in [0.25, 0.3) is 0 Å². The number of carbonyl (C=O) groups is 1. The molecule has 1 heterocycles. The first-order chi connectivity index (χ1) is 5.74. The second-order valence-electron chi connectivity index (χ2n) is 2.27. The third-order valence-electron chi connectivity index (χ3n) is 1.38. The Morgan fingerprint density at radius 2 is 2.42 bits per heavy atom. The molecular weight excluding hydrogens is 196 g/mol. The van der Waals surface area contributed by atoms with E-state index in [1.54, 1.807) is 23.9 Å².